The van der Waals surface area contributed by atoms with Gasteiger partial charge in [-0.05, 0) is 51.1 Å². The van der Waals surface area contributed by atoms with E-state index in [-0.39, 0.29) is 12.5 Å². The van der Waals surface area contributed by atoms with Gasteiger partial charge in [0.25, 0.3) is 11.8 Å². The predicted molar refractivity (Wildman–Crippen MR) is 102 cm³/mol. The summed E-state index contributed by atoms with van der Waals surface area (Å²) in [7, 11) is 0. The molecule has 2 saturated heterocycles. The number of urea groups is 1. The van der Waals surface area contributed by atoms with E-state index >= 15 is 0 Å². The van der Waals surface area contributed by atoms with Crippen molar-refractivity contribution in [1.82, 2.24) is 20.7 Å². The first kappa shape index (κ1) is 19.4. The van der Waals surface area contributed by atoms with Crippen molar-refractivity contribution < 1.29 is 14.4 Å². The smallest absolute Gasteiger partial charge is 0.322 e. The lowest BCUT2D eigenvalue weighted by Crippen LogP contribution is -2.51. The third-order valence-electron chi connectivity index (χ3n) is 5.66. The van der Waals surface area contributed by atoms with Crippen LogP contribution in [0.2, 0.25) is 0 Å². The predicted octanol–water partition coefficient (Wildman–Crippen LogP) is 1.84. The van der Waals surface area contributed by atoms with Gasteiger partial charge in [0.2, 0.25) is 0 Å². The minimum absolute atomic E-state index is 0.194. The van der Waals surface area contributed by atoms with E-state index in [2.05, 4.69) is 27.8 Å². The number of hydrazine groups is 1. The van der Waals surface area contributed by atoms with Crippen molar-refractivity contribution in [3.63, 3.8) is 0 Å². The largest absolute Gasteiger partial charge is 0.344 e. The van der Waals surface area contributed by atoms with Crippen LogP contribution >= 0.6 is 0 Å². The van der Waals surface area contributed by atoms with E-state index < -0.39 is 17.5 Å². The SMILES string of the molecule is CCC1(C)NC(=O)N(NC(=O)CN2CCCC2CCc2ccccc2)C1=O. The number of rotatable bonds is 7. The van der Waals surface area contributed by atoms with Crippen LogP contribution in [0.4, 0.5) is 4.79 Å². The van der Waals surface area contributed by atoms with Gasteiger partial charge in [-0.1, -0.05) is 37.3 Å². The third-order valence-corrected chi connectivity index (χ3v) is 5.66. The summed E-state index contributed by atoms with van der Waals surface area (Å²) in [6.45, 7) is 4.55. The molecule has 0 aromatic heterocycles. The van der Waals surface area contributed by atoms with Gasteiger partial charge in [-0.2, -0.15) is 5.01 Å². The highest BCUT2D eigenvalue weighted by Crippen LogP contribution is 2.22. The Morgan fingerprint density at radius 1 is 1.30 bits per heavy atom. The van der Waals surface area contributed by atoms with Crippen molar-refractivity contribution >= 4 is 17.8 Å². The molecule has 2 aliphatic rings. The maximum atomic E-state index is 12.4. The summed E-state index contributed by atoms with van der Waals surface area (Å²) in [5, 5.41) is 3.46. The van der Waals surface area contributed by atoms with Crippen LogP contribution in [0.3, 0.4) is 0 Å². The summed E-state index contributed by atoms with van der Waals surface area (Å²) in [4.78, 5) is 39.0. The summed E-state index contributed by atoms with van der Waals surface area (Å²) in [5.74, 6) is -0.740. The molecule has 7 heteroatoms. The monoisotopic (exact) mass is 372 g/mol. The Kier molecular flexibility index (Phi) is 5.79. The molecular weight excluding hydrogens is 344 g/mol. The molecule has 0 aliphatic carbocycles. The molecule has 7 nitrogen and oxygen atoms in total. The second kappa shape index (κ2) is 8.08. The van der Waals surface area contributed by atoms with Crippen molar-refractivity contribution in [3.8, 4) is 0 Å². The Morgan fingerprint density at radius 3 is 2.70 bits per heavy atom. The maximum absolute atomic E-state index is 12.4. The quantitative estimate of drug-likeness (QED) is 0.716. The molecule has 0 saturated carbocycles. The van der Waals surface area contributed by atoms with Crippen LogP contribution in [0.25, 0.3) is 0 Å². The number of amides is 4. The fourth-order valence-corrected chi connectivity index (χ4v) is 3.78. The van der Waals surface area contributed by atoms with Crippen LogP contribution in [0, 0.1) is 0 Å². The Bertz CT molecular complexity index is 708. The lowest BCUT2D eigenvalue weighted by atomic mass is 10.00. The average Bonchev–Trinajstić information content (AvgIpc) is 3.19. The van der Waals surface area contributed by atoms with Gasteiger partial charge in [-0.15, -0.1) is 0 Å². The lowest BCUT2D eigenvalue weighted by molar-refractivity contribution is -0.139. The molecule has 2 aliphatic heterocycles. The summed E-state index contributed by atoms with van der Waals surface area (Å²) in [6, 6.07) is 10.1. The molecule has 1 aromatic carbocycles. The number of nitrogens with zero attached hydrogens (tertiary/aromatic N) is 2. The molecule has 0 radical (unpaired) electrons. The number of imide groups is 1. The van der Waals surface area contributed by atoms with Gasteiger partial charge in [0, 0.05) is 6.04 Å². The van der Waals surface area contributed by atoms with Gasteiger partial charge < -0.3 is 5.32 Å². The number of hydrogen-bond donors (Lipinski definition) is 2. The lowest BCUT2D eigenvalue weighted by Gasteiger charge is -2.25. The first-order chi connectivity index (χ1) is 12.9. The van der Waals surface area contributed by atoms with Crippen LogP contribution in [-0.2, 0) is 16.0 Å². The van der Waals surface area contributed by atoms with E-state index in [1.54, 1.807) is 6.92 Å². The topological polar surface area (TPSA) is 81.8 Å². The highest BCUT2D eigenvalue weighted by Gasteiger charge is 2.47. The molecule has 2 fully saturated rings. The Balaban J connectivity index is 1.52. The minimum atomic E-state index is -0.948. The Labute approximate surface area is 160 Å². The number of carbonyl (C=O) groups excluding carboxylic acids is 3. The van der Waals surface area contributed by atoms with Crippen molar-refractivity contribution in [2.75, 3.05) is 13.1 Å². The summed E-state index contributed by atoms with van der Waals surface area (Å²) < 4.78 is 0. The maximum Gasteiger partial charge on any atom is 0.344 e. The van der Waals surface area contributed by atoms with Crippen LogP contribution in [-0.4, -0.2) is 52.4 Å². The standard InChI is InChI=1S/C20H28N4O3/c1-3-20(2)18(26)24(19(27)21-20)22-17(25)14-23-13-7-10-16(23)12-11-15-8-5-4-6-9-15/h4-6,8-9,16H,3,7,10-14H2,1-2H3,(H,21,27)(H,22,25). The zero-order valence-electron chi connectivity index (χ0n) is 16.0. The number of hydrogen-bond acceptors (Lipinski definition) is 4. The fourth-order valence-electron chi connectivity index (χ4n) is 3.78. The molecule has 4 amide bonds. The van der Waals surface area contributed by atoms with Crippen LogP contribution in [0.15, 0.2) is 30.3 Å². The molecule has 2 unspecified atom stereocenters. The van der Waals surface area contributed by atoms with Gasteiger partial charge in [0.05, 0.1) is 6.54 Å². The van der Waals surface area contributed by atoms with Gasteiger partial charge >= 0.3 is 6.03 Å². The van der Waals surface area contributed by atoms with Gasteiger partial charge in [-0.3, -0.25) is 19.9 Å². The third kappa shape index (κ3) is 4.30. The number of carbonyl (C=O) groups is 3. The second-order valence-corrected chi connectivity index (χ2v) is 7.58. The molecule has 2 heterocycles. The average molecular weight is 372 g/mol. The zero-order valence-corrected chi connectivity index (χ0v) is 16.0. The Morgan fingerprint density at radius 2 is 2.04 bits per heavy atom. The molecule has 3 rings (SSSR count). The molecule has 2 atom stereocenters. The molecule has 146 valence electrons. The molecule has 1 aromatic rings. The van der Waals surface area contributed by atoms with Gasteiger partial charge in [0.1, 0.15) is 5.54 Å². The summed E-state index contributed by atoms with van der Waals surface area (Å²) in [6.07, 6.45) is 4.57. The minimum Gasteiger partial charge on any atom is -0.322 e. The van der Waals surface area contributed by atoms with E-state index in [1.807, 2.05) is 25.1 Å². The highest BCUT2D eigenvalue weighted by molar-refractivity contribution is 6.07. The van der Waals surface area contributed by atoms with E-state index in [0.717, 1.165) is 37.2 Å². The second-order valence-electron chi connectivity index (χ2n) is 7.58. The van der Waals surface area contributed by atoms with E-state index in [9.17, 15) is 14.4 Å². The summed E-state index contributed by atoms with van der Waals surface area (Å²) in [5.41, 5.74) is 2.83. The van der Waals surface area contributed by atoms with Crippen LogP contribution in [0.1, 0.15) is 45.1 Å². The number of likely N-dealkylation sites (tertiary alicyclic amines) is 1. The molecule has 0 bridgehead atoms. The molecule has 2 N–H and O–H groups in total. The first-order valence-corrected chi connectivity index (χ1v) is 9.67. The van der Waals surface area contributed by atoms with Gasteiger partial charge in [-0.25, -0.2) is 4.79 Å². The van der Waals surface area contributed by atoms with E-state index in [0.29, 0.717) is 12.5 Å². The van der Waals surface area contributed by atoms with Crippen molar-refractivity contribution in [3.05, 3.63) is 35.9 Å². The Hall–Kier alpha value is -2.41. The summed E-state index contributed by atoms with van der Waals surface area (Å²) >= 11 is 0. The van der Waals surface area contributed by atoms with Crippen molar-refractivity contribution in [2.45, 2.75) is 57.5 Å². The van der Waals surface area contributed by atoms with E-state index in [4.69, 9.17) is 0 Å². The van der Waals surface area contributed by atoms with Crippen LogP contribution < -0.4 is 10.7 Å². The number of benzene rings is 1. The first-order valence-electron chi connectivity index (χ1n) is 9.67. The van der Waals surface area contributed by atoms with Crippen LogP contribution in [0.5, 0.6) is 0 Å². The normalized spacial score (nSPS) is 25.7. The molecule has 27 heavy (non-hydrogen) atoms. The molecule has 0 spiro atoms. The zero-order chi connectivity index (χ0) is 19.4. The van der Waals surface area contributed by atoms with Gasteiger partial charge in [0.15, 0.2) is 0 Å². The van der Waals surface area contributed by atoms with Crippen molar-refractivity contribution in [2.24, 2.45) is 0 Å². The number of nitrogens with one attached hydrogen (secondary N) is 2. The highest BCUT2D eigenvalue weighted by atomic mass is 16.2. The molecular formula is C20H28N4O3. The van der Waals surface area contributed by atoms with E-state index in [1.165, 1.54) is 5.56 Å². The van der Waals surface area contributed by atoms with Crippen molar-refractivity contribution in [1.29, 1.82) is 0 Å². The number of aryl methyl sites for hydroxylation is 1. The fraction of sp³-hybridized carbons (Fsp3) is 0.550.